The fourth-order valence-electron chi connectivity index (χ4n) is 9.74. The molecule has 0 aliphatic rings. The Morgan fingerprint density at radius 2 is 0.750 bits per heavy atom. The summed E-state index contributed by atoms with van der Waals surface area (Å²) in [6.07, 6.45) is 0. The van der Waals surface area contributed by atoms with Crippen LogP contribution in [0, 0.1) is 0 Å². The molecule has 0 amide bonds. The van der Waals surface area contributed by atoms with Crippen LogP contribution in [-0.2, 0) is 0 Å². The third-order valence-corrected chi connectivity index (χ3v) is 13.1. The van der Waals surface area contributed by atoms with Gasteiger partial charge in [-0.15, -0.1) is 0 Å². The molecule has 13 rings (SSSR count). The van der Waals surface area contributed by atoms with Crippen LogP contribution in [0.5, 0.6) is 0 Å². The first-order valence-electron chi connectivity index (χ1n) is 22.9. The molecule has 0 saturated carbocycles. The molecule has 5 heteroatoms. The summed E-state index contributed by atoms with van der Waals surface area (Å²) in [6.45, 7) is 0. The van der Waals surface area contributed by atoms with E-state index in [1.54, 1.807) is 0 Å². The number of nitrogens with zero attached hydrogens (tertiary/aromatic N) is 4. The summed E-state index contributed by atoms with van der Waals surface area (Å²) in [5.74, 6) is 1.81. The predicted molar refractivity (Wildman–Crippen MR) is 279 cm³/mol. The number of hydrogen-bond acceptors (Lipinski definition) is 4. The summed E-state index contributed by atoms with van der Waals surface area (Å²) in [6, 6.07) is 85.2. The molecule has 0 atom stereocenters. The van der Waals surface area contributed by atoms with Gasteiger partial charge in [-0.2, -0.15) is 0 Å². The van der Waals surface area contributed by atoms with Crippen LogP contribution in [0.2, 0.25) is 0 Å². The molecular formula is C63H40N4O. The first kappa shape index (κ1) is 39.2. The van der Waals surface area contributed by atoms with E-state index in [9.17, 15) is 0 Å². The zero-order valence-corrected chi connectivity index (χ0v) is 36.8. The van der Waals surface area contributed by atoms with Crippen LogP contribution < -0.4 is 0 Å². The minimum absolute atomic E-state index is 0.594. The fourth-order valence-corrected chi connectivity index (χ4v) is 9.74. The van der Waals surface area contributed by atoms with Crippen LogP contribution in [0.4, 0.5) is 0 Å². The second-order valence-electron chi connectivity index (χ2n) is 17.2. The average Bonchev–Trinajstić information content (AvgIpc) is 3.97. The second kappa shape index (κ2) is 16.4. The molecule has 0 bridgehead atoms. The quantitative estimate of drug-likeness (QED) is 0.153. The van der Waals surface area contributed by atoms with Gasteiger partial charge in [0.25, 0.3) is 0 Å². The van der Waals surface area contributed by atoms with E-state index in [2.05, 4.69) is 223 Å². The number of fused-ring (bicyclic) bond motifs is 6. The molecule has 5 nitrogen and oxygen atoms in total. The van der Waals surface area contributed by atoms with Crippen molar-refractivity contribution in [2.45, 2.75) is 0 Å². The molecule has 13 aromatic rings. The van der Waals surface area contributed by atoms with Gasteiger partial charge in [-0.25, -0.2) is 15.0 Å². The van der Waals surface area contributed by atoms with Gasteiger partial charge < -0.3 is 8.98 Å². The summed E-state index contributed by atoms with van der Waals surface area (Å²) in [5.41, 5.74) is 16.6. The third-order valence-electron chi connectivity index (χ3n) is 13.1. The topological polar surface area (TPSA) is 56.7 Å². The van der Waals surface area contributed by atoms with Gasteiger partial charge in [0, 0.05) is 49.4 Å². The zero-order valence-electron chi connectivity index (χ0n) is 36.8. The molecule has 0 spiro atoms. The smallest absolute Gasteiger partial charge is 0.164 e. The Kier molecular flexibility index (Phi) is 9.43. The van der Waals surface area contributed by atoms with Crippen molar-refractivity contribution in [3.63, 3.8) is 0 Å². The van der Waals surface area contributed by atoms with Crippen molar-refractivity contribution in [1.29, 1.82) is 0 Å². The van der Waals surface area contributed by atoms with E-state index in [1.807, 2.05) is 24.3 Å². The van der Waals surface area contributed by atoms with Crippen molar-refractivity contribution < 1.29 is 4.42 Å². The molecule has 318 valence electrons. The lowest BCUT2D eigenvalue weighted by molar-refractivity contribution is 0.670. The number of para-hydroxylation sites is 3. The molecule has 0 aliphatic carbocycles. The van der Waals surface area contributed by atoms with Crippen LogP contribution in [-0.4, -0.2) is 19.5 Å². The third kappa shape index (κ3) is 6.84. The number of furan rings is 1. The van der Waals surface area contributed by atoms with Gasteiger partial charge in [0.2, 0.25) is 0 Å². The highest BCUT2D eigenvalue weighted by Crippen LogP contribution is 2.42. The van der Waals surface area contributed by atoms with Crippen LogP contribution >= 0.6 is 0 Å². The molecule has 3 aromatic heterocycles. The maximum absolute atomic E-state index is 6.55. The number of benzene rings is 10. The number of aromatic nitrogens is 4. The van der Waals surface area contributed by atoms with Crippen LogP contribution in [0.1, 0.15) is 0 Å². The van der Waals surface area contributed by atoms with Gasteiger partial charge in [-0.3, -0.25) is 0 Å². The van der Waals surface area contributed by atoms with E-state index < -0.39 is 0 Å². The maximum atomic E-state index is 6.55. The van der Waals surface area contributed by atoms with Crippen molar-refractivity contribution in [1.82, 2.24) is 19.5 Å². The normalized spacial score (nSPS) is 11.5. The molecule has 0 saturated heterocycles. The number of rotatable bonds is 8. The SMILES string of the molecule is c1ccc(-c2ccc(-c3nc(-c4ccc(-c5ccccc5)cc4)nc(-c4ccc(-n5c6ccccc6c6ccc(-c7cccc8c7oc7ccccc78)cc65)c(-c5ccccc5)c4)n3)cc2)cc1. The highest BCUT2D eigenvalue weighted by Gasteiger charge is 2.21. The summed E-state index contributed by atoms with van der Waals surface area (Å²) in [4.78, 5) is 15.6. The lowest BCUT2D eigenvalue weighted by Crippen LogP contribution is -2.02. The minimum Gasteiger partial charge on any atom is -0.455 e. The van der Waals surface area contributed by atoms with E-state index in [4.69, 9.17) is 19.4 Å². The minimum atomic E-state index is 0.594. The Morgan fingerprint density at radius 1 is 0.279 bits per heavy atom. The molecule has 3 heterocycles. The molecule has 0 unspecified atom stereocenters. The second-order valence-corrected chi connectivity index (χ2v) is 17.2. The summed E-state index contributed by atoms with van der Waals surface area (Å²) in [7, 11) is 0. The van der Waals surface area contributed by atoms with E-state index in [1.165, 1.54) is 10.8 Å². The highest BCUT2D eigenvalue weighted by molar-refractivity contribution is 6.13. The van der Waals surface area contributed by atoms with Gasteiger partial charge in [-0.1, -0.05) is 206 Å². The van der Waals surface area contributed by atoms with Crippen molar-refractivity contribution in [2.75, 3.05) is 0 Å². The number of hydrogen-bond donors (Lipinski definition) is 0. The van der Waals surface area contributed by atoms with Gasteiger partial charge in [-0.05, 0) is 69.8 Å². The Bertz CT molecular complexity index is 3890. The molecular weight excluding hydrogens is 829 g/mol. The molecule has 0 radical (unpaired) electrons. The van der Waals surface area contributed by atoms with Crippen LogP contribution in [0.3, 0.4) is 0 Å². The van der Waals surface area contributed by atoms with Gasteiger partial charge >= 0.3 is 0 Å². The van der Waals surface area contributed by atoms with Crippen molar-refractivity contribution in [3.05, 3.63) is 243 Å². The molecule has 68 heavy (non-hydrogen) atoms. The molecule has 0 aliphatic heterocycles. The molecule has 0 fully saturated rings. The first-order valence-corrected chi connectivity index (χ1v) is 22.9. The summed E-state index contributed by atoms with van der Waals surface area (Å²) < 4.78 is 8.96. The zero-order chi connectivity index (χ0) is 45.0. The molecule has 10 aromatic carbocycles. The Labute approximate surface area is 392 Å². The van der Waals surface area contributed by atoms with E-state index >= 15 is 0 Å². The highest BCUT2D eigenvalue weighted by atomic mass is 16.3. The summed E-state index contributed by atoms with van der Waals surface area (Å²) >= 11 is 0. The maximum Gasteiger partial charge on any atom is 0.164 e. The van der Waals surface area contributed by atoms with Gasteiger partial charge in [0.15, 0.2) is 17.5 Å². The van der Waals surface area contributed by atoms with Crippen molar-refractivity contribution in [3.8, 4) is 84.4 Å². The lowest BCUT2D eigenvalue weighted by Gasteiger charge is -2.16. The van der Waals surface area contributed by atoms with E-state index in [0.717, 1.165) is 99.9 Å². The van der Waals surface area contributed by atoms with Crippen LogP contribution in [0.25, 0.3) is 128 Å². The summed E-state index contributed by atoms with van der Waals surface area (Å²) in [5, 5.41) is 4.58. The Morgan fingerprint density at radius 3 is 1.40 bits per heavy atom. The standard InChI is InChI=1S/C63H40N4O/c1-4-15-41(16-5-1)43-27-31-46(32-28-43)61-64-62(47-33-29-44(30-34-47)42-17-6-2-7-18-42)66-63(65-61)49-36-38-57(55(39-49)45-19-8-3-9-20-45)67-56-25-12-10-21-51(56)52-37-35-48(40-58(52)67)50-23-14-24-54-53-22-11-13-26-59(53)68-60(50)54/h1-40H. The molecule has 0 N–H and O–H groups in total. The van der Waals surface area contributed by atoms with E-state index in [0.29, 0.717) is 17.5 Å². The predicted octanol–water partition coefficient (Wildman–Crippen LogP) is 16.5. The van der Waals surface area contributed by atoms with Crippen molar-refractivity contribution >= 4 is 43.7 Å². The average molecular weight is 869 g/mol. The van der Waals surface area contributed by atoms with Crippen molar-refractivity contribution in [2.24, 2.45) is 0 Å². The first-order chi connectivity index (χ1) is 33.7. The Balaban J connectivity index is 0.988. The monoisotopic (exact) mass is 868 g/mol. The van der Waals surface area contributed by atoms with Crippen LogP contribution in [0.15, 0.2) is 247 Å². The van der Waals surface area contributed by atoms with Gasteiger partial charge in [0.05, 0.1) is 16.7 Å². The lowest BCUT2D eigenvalue weighted by atomic mass is 9.99. The van der Waals surface area contributed by atoms with Gasteiger partial charge in [0.1, 0.15) is 11.2 Å². The Hall–Kier alpha value is -9.19. The fraction of sp³-hybridized carbons (Fsp3) is 0. The van der Waals surface area contributed by atoms with E-state index in [-0.39, 0.29) is 0 Å². The largest absolute Gasteiger partial charge is 0.455 e.